The molecule has 8 heteroatoms. The maximum absolute atomic E-state index is 12.4. The number of amides is 1. The van der Waals surface area contributed by atoms with Gasteiger partial charge in [-0.25, -0.2) is 17.7 Å². The number of hydrogen-bond donors (Lipinski definition) is 1. The monoisotopic (exact) mass is 387 g/mol. The van der Waals surface area contributed by atoms with Crippen molar-refractivity contribution in [2.45, 2.75) is 4.90 Å². The molecule has 2 aromatic carbocycles. The number of hydrogen-bond acceptors (Lipinski definition) is 5. The zero-order valence-corrected chi connectivity index (χ0v) is 15.8. The van der Waals surface area contributed by atoms with Gasteiger partial charge in [0.25, 0.3) is 5.91 Å². The lowest BCUT2D eigenvalue weighted by Gasteiger charge is -2.11. The van der Waals surface area contributed by atoms with E-state index >= 15 is 0 Å². The minimum atomic E-state index is -3.51. The molecule has 0 aliphatic rings. The van der Waals surface area contributed by atoms with Gasteiger partial charge < -0.3 is 0 Å². The Morgan fingerprint density at radius 1 is 1.04 bits per heavy atom. The van der Waals surface area contributed by atoms with Crippen molar-refractivity contribution in [1.82, 2.24) is 9.29 Å². The van der Waals surface area contributed by atoms with Gasteiger partial charge in [-0.05, 0) is 24.3 Å². The molecular weight excluding hydrogens is 370 g/mol. The molecule has 3 aromatic rings. The predicted octanol–water partition coefficient (Wildman–Crippen LogP) is 3.31. The Kier molecular flexibility index (Phi) is 5.17. The van der Waals surface area contributed by atoms with E-state index < -0.39 is 10.0 Å². The van der Waals surface area contributed by atoms with Crippen LogP contribution in [0.3, 0.4) is 0 Å². The van der Waals surface area contributed by atoms with E-state index in [2.05, 4.69) is 10.3 Å². The average molecular weight is 387 g/mol. The zero-order valence-electron chi connectivity index (χ0n) is 14.2. The first-order valence-corrected chi connectivity index (χ1v) is 10.0. The molecule has 1 amide bonds. The SMILES string of the molecule is CN(C)S(=O)(=O)c1ccc(C(=O)Nc2nc(-c3ccccc3)cs2)cc1. The minimum absolute atomic E-state index is 0.139. The molecule has 0 aliphatic carbocycles. The Hall–Kier alpha value is -2.55. The summed E-state index contributed by atoms with van der Waals surface area (Å²) >= 11 is 1.33. The molecule has 3 rings (SSSR count). The number of carbonyl (C=O) groups is 1. The Labute approximate surface area is 156 Å². The van der Waals surface area contributed by atoms with Crippen LogP contribution in [-0.4, -0.2) is 37.7 Å². The maximum Gasteiger partial charge on any atom is 0.257 e. The normalized spacial score (nSPS) is 11.5. The summed E-state index contributed by atoms with van der Waals surface area (Å²) in [5.74, 6) is -0.340. The molecule has 0 unspecified atom stereocenters. The van der Waals surface area contributed by atoms with Crippen LogP contribution in [0.5, 0.6) is 0 Å². The highest BCUT2D eigenvalue weighted by Gasteiger charge is 2.18. The van der Waals surface area contributed by atoms with Crippen LogP contribution in [0.25, 0.3) is 11.3 Å². The van der Waals surface area contributed by atoms with Gasteiger partial charge in [0.15, 0.2) is 5.13 Å². The molecule has 1 heterocycles. The third kappa shape index (κ3) is 3.82. The van der Waals surface area contributed by atoms with Crippen LogP contribution >= 0.6 is 11.3 Å². The molecule has 0 fully saturated rings. The third-order valence-electron chi connectivity index (χ3n) is 3.69. The fourth-order valence-electron chi connectivity index (χ4n) is 2.23. The van der Waals surface area contributed by atoms with Crippen molar-refractivity contribution in [3.63, 3.8) is 0 Å². The smallest absolute Gasteiger partial charge is 0.257 e. The molecule has 0 saturated heterocycles. The molecule has 26 heavy (non-hydrogen) atoms. The first-order valence-electron chi connectivity index (χ1n) is 7.73. The minimum Gasteiger partial charge on any atom is -0.298 e. The average Bonchev–Trinajstić information content (AvgIpc) is 3.11. The van der Waals surface area contributed by atoms with E-state index in [0.29, 0.717) is 10.7 Å². The number of nitrogens with one attached hydrogen (secondary N) is 1. The first-order chi connectivity index (χ1) is 12.4. The molecule has 1 N–H and O–H groups in total. The molecular formula is C18H17N3O3S2. The van der Waals surface area contributed by atoms with Crippen LogP contribution in [0, 0.1) is 0 Å². The number of benzene rings is 2. The highest BCUT2D eigenvalue weighted by atomic mass is 32.2. The van der Waals surface area contributed by atoms with Crippen LogP contribution in [-0.2, 0) is 10.0 Å². The lowest BCUT2D eigenvalue weighted by Crippen LogP contribution is -2.22. The van der Waals surface area contributed by atoms with Crippen molar-refractivity contribution in [2.24, 2.45) is 0 Å². The number of carbonyl (C=O) groups excluding carboxylic acids is 1. The topological polar surface area (TPSA) is 79.4 Å². The highest BCUT2D eigenvalue weighted by Crippen LogP contribution is 2.25. The van der Waals surface area contributed by atoms with E-state index in [4.69, 9.17) is 0 Å². The van der Waals surface area contributed by atoms with Crippen molar-refractivity contribution in [1.29, 1.82) is 0 Å². The summed E-state index contributed by atoms with van der Waals surface area (Å²) in [5, 5.41) is 5.10. The van der Waals surface area contributed by atoms with Crippen molar-refractivity contribution in [2.75, 3.05) is 19.4 Å². The summed E-state index contributed by atoms with van der Waals surface area (Å²) in [4.78, 5) is 16.9. The van der Waals surface area contributed by atoms with Gasteiger partial charge in [0.2, 0.25) is 10.0 Å². The van der Waals surface area contributed by atoms with E-state index in [1.54, 1.807) is 0 Å². The van der Waals surface area contributed by atoms with Gasteiger partial charge in [-0.2, -0.15) is 0 Å². The van der Waals surface area contributed by atoms with E-state index in [0.717, 1.165) is 15.6 Å². The third-order valence-corrected chi connectivity index (χ3v) is 6.28. The highest BCUT2D eigenvalue weighted by molar-refractivity contribution is 7.89. The second-order valence-corrected chi connectivity index (χ2v) is 8.68. The molecule has 0 atom stereocenters. The van der Waals surface area contributed by atoms with Crippen molar-refractivity contribution in [3.05, 3.63) is 65.5 Å². The first kappa shape index (κ1) is 18.2. The zero-order chi connectivity index (χ0) is 18.7. The van der Waals surface area contributed by atoms with Gasteiger partial charge in [-0.3, -0.25) is 10.1 Å². The summed E-state index contributed by atoms with van der Waals surface area (Å²) in [6.07, 6.45) is 0. The molecule has 134 valence electrons. The van der Waals surface area contributed by atoms with Crippen LogP contribution in [0.2, 0.25) is 0 Å². The molecule has 0 saturated carbocycles. The molecule has 0 radical (unpaired) electrons. The number of sulfonamides is 1. The lowest BCUT2D eigenvalue weighted by atomic mass is 10.2. The van der Waals surface area contributed by atoms with E-state index in [-0.39, 0.29) is 10.8 Å². The second kappa shape index (κ2) is 7.36. The Balaban J connectivity index is 1.74. The molecule has 0 bridgehead atoms. The van der Waals surface area contributed by atoms with E-state index in [9.17, 15) is 13.2 Å². The number of aromatic nitrogens is 1. The summed E-state index contributed by atoms with van der Waals surface area (Å²) in [5.41, 5.74) is 2.12. The molecule has 0 aliphatic heterocycles. The second-order valence-electron chi connectivity index (χ2n) is 5.67. The summed E-state index contributed by atoms with van der Waals surface area (Å²) in [7, 11) is -0.592. The largest absolute Gasteiger partial charge is 0.298 e. The predicted molar refractivity (Wildman–Crippen MR) is 103 cm³/mol. The van der Waals surface area contributed by atoms with Crippen molar-refractivity contribution in [3.8, 4) is 11.3 Å². The van der Waals surface area contributed by atoms with Gasteiger partial charge in [0.1, 0.15) is 0 Å². The van der Waals surface area contributed by atoms with Crippen LogP contribution < -0.4 is 5.32 Å². The number of rotatable bonds is 5. The van der Waals surface area contributed by atoms with Crippen molar-refractivity contribution >= 4 is 32.4 Å². The number of anilines is 1. The van der Waals surface area contributed by atoms with Gasteiger partial charge >= 0.3 is 0 Å². The quantitative estimate of drug-likeness (QED) is 0.728. The number of thiazole rings is 1. The maximum atomic E-state index is 12.4. The summed E-state index contributed by atoms with van der Waals surface area (Å²) in [6, 6.07) is 15.5. The van der Waals surface area contributed by atoms with E-state index in [1.165, 1.54) is 49.7 Å². The molecule has 6 nitrogen and oxygen atoms in total. The van der Waals surface area contributed by atoms with Crippen molar-refractivity contribution < 1.29 is 13.2 Å². The van der Waals surface area contributed by atoms with Gasteiger partial charge in [0, 0.05) is 30.6 Å². The Morgan fingerprint density at radius 2 is 1.69 bits per heavy atom. The Morgan fingerprint density at radius 3 is 2.31 bits per heavy atom. The fourth-order valence-corrected chi connectivity index (χ4v) is 3.85. The van der Waals surface area contributed by atoms with Gasteiger partial charge in [0.05, 0.1) is 10.6 Å². The van der Waals surface area contributed by atoms with Crippen LogP contribution in [0.1, 0.15) is 10.4 Å². The standard InChI is InChI=1S/C18H17N3O3S2/c1-21(2)26(23,24)15-10-8-14(9-11-15)17(22)20-18-19-16(12-25-18)13-6-4-3-5-7-13/h3-12H,1-2H3,(H,19,20,22). The van der Waals surface area contributed by atoms with E-state index in [1.807, 2.05) is 35.7 Å². The van der Waals surface area contributed by atoms with Crippen LogP contribution in [0.15, 0.2) is 64.9 Å². The van der Waals surface area contributed by atoms with Crippen LogP contribution in [0.4, 0.5) is 5.13 Å². The molecule has 0 spiro atoms. The number of nitrogens with zero attached hydrogens (tertiary/aromatic N) is 2. The van der Waals surface area contributed by atoms with Gasteiger partial charge in [-0.15, -0.1) is 11.3 Å². The van der Waals surface area contributed by atoms with Gasteiger partial charge in [-0.1, -0.05) is 30.3 Å². The summed E-state index contributed by atoms with van der Waals surface area (Å²) < 4.78 is 25.2. The fraction of sp³-hybridized carbons (Fsp3) is 0.111. The molecule has 1 aromatic heterocycles. The Bertz CT molecular complexity index is 1010. The lowest BCUT2D eigenvalue weighted by molar-refractivity contribution is 0.102. The summed E-state index contributed by atoms with van der Waals surface area (Å²) in [6.45, 7) is 0.